The van der Waals surface area contributed by atoms with Gasteiger partial charge in [-0.3, -0.25) is 4.99 Å². The minimum Gasteiger partial charge on any atom is -0.290 e. The molecule has 0 aliphatic rings. The highest BCUT2D eigenvalue weighted by atomic mass is 14.7. The van der Waals surface area contributed by atoms with E-state index in [0.717, 1.165) is 12.3 Å². The van der Waals surface area contributed by atoms with Gasteiger partial charge < -0.3 is 0 Å². The molecule has 1 nitrogen and oxygen atoms in total. The summed E-state index contributed by atoms with van der Waals surface area (Å²) >= 11 is 0. The van der Waals surface area contributed by atoms with Gasteiger partial charge in [0.05, 0.1) is 0 Å². The summed E-state index contributed by atoms with van der Waals surface area (Å²) in [5.41, 5.74) is 3.72. The molecule has 0 aliphatic heterocycles. The zero-order valence-corrected chi connectivity index (χ0v) is 8.81. The molecule has 0 radical (unpaired) electrons. The van der Waals surface area contributed by atoms with Crippen LogP contribution in [0.2, 0.25) is 0 Å². The molecule has 1 heteroatoms. The van der Waals surface area contributed by atoms with Crippen molar-refractivity contribution in [1.29, 1.82) is 0 Å². The molecule has 0 amide bonds. The lowest BCUT2D eigenvalue weighted by molar-refractivity contribution is 1.12. The molecule has 0 N–H and O–H groups in total. The quantitative estimate of drug-likeness (QED) is 0.449. The summed E-state index contributed by atoms with van der Waals surface area (Å²) in [4.78, 5) is 4.37. The van der Waals surface area contributed by atoms with Gasteiger partial charge in [-0.1, -0.05) is 17.7 Å². The molecule has 0 bridgehead atoms. The number of hydrogen-bond acceptors (Lipinski definition) is 1. The molecular formula is C11H19N. The maximum atomic E-state index is 4.37. The van der Waals surface area contributed by atoms with Crippen LogP contribution < -0.4 is 0 Å². The van der Waals surface area contributed by atoms with Gasteiger partial charge in [-0.15, -0.1) is 0 Å². The standard InChI is InChI=1S/C11H19N/c1-6-8-11(9(3)4)10(5)12-7-2/h6,8H,7H2,1-5H3/b8-6-,12-10-. The Morgan fingerprint density at radius 2 is 1.83 bits per heavy atom. The lowest BCUT2D eigenvalue weighted by atomic mass is 10.1. The van der Waals surface area contributed by atoms with Gasteiger partial charge in [-0.2, -0.15) is 0 Å². The van der Waals surface area contributed by atoms with E-state index in [4.69, 9.17) is 0 Å². The van der Waals surface area contributed by atoms with Crippen LogP contribution in [-0.4, -0.2) is 12.3 Å². The van der Waals surface area contributed by atoms with Gasteiger partial charge >= 0.3 is 0 Å². The van der Waals surface area contributed by atoms with E-state index < -0.39 is 0 Å². The summed E-state index contributed by atoms with van der Waals surface area (Å²) in [7, 11) is 0. The Bertz CT molecular complexity index is 215. The van der Waals surface area contributed by atoms with Crippen LogP contribution in [0.25, 0.3) is 0 Å². The van der Waals surface area contributed by atoms with Crippen molar-refractivity contribution in [2.75, 3.05) is 6.54 Å². The van der Waals surface area contributed by atoms with Crippen molar-refractivity contribution in [2.45, 2.75) is 34.6 Å². The fraction of sp³-hybridized carbons (Fsp3) is 0.545. The molecule has 0 atom stereocenters. The third-order valence-electron chi connectivity index (χ3n) is 1.66. The van der Waals surface area contributed by atoms with Crippen molar-refractivity contribution in [3.8, 4) is 0 Å². The minimum atomic E-state index is 0.861. The van der Waals surface area contributed by atoms with E-state index in [1.165, 1.54) is 11.1 Å². The molecular weight excluding hydrogens is 146 g/mol. The van der Waals surface area contributed by atoms with E-state index >= 15 is 0 Å². The van der Waals surface area contributed by atoms with Crippen molar-refractivity contribution in [1.82, 2.24) is 0 Å². The summed E-state index contributed by atoms with van der Waals surface area (Å²) in [5.74, 6) is 0. The van der Waals surface area contributed by atoms with Gasteiger partial charge in [-0.25, -0.2) is 0 Å². The Balaban J connectivity index is 4.78. The van der Waals surface area contributed by atoms with E-state index in [1.807, 2.05) is 6.92 Å². The van der Waals surface area contributed by atoms with Crippen molar-refractivity contribution in [3.63, 3.8) is 0 Å². The summed E-state index contributed by atoms with van der Waals surface area (Å²) in [6.07, 6.45) is 4.17. The maximum Gasteiger partial charge on any atom is 0.0388 e. The molecule has 0 aromatic heterocycles. The van der Waals surface area contributed by atoms with Crippen molar-refractivity contribution >= 4 is 5.71 Å². The molecule has 0 saturated heterocycles. The van der Waals surface area contributed by atoms with Crippen molar-refractivity contribution in [2.24, 2.45) is 4.99 Å². The van der Waals surface area contributed by atoms with Crippen LogP contribution in [0, 0.1) is 0 Å². The number of hydrogen-bond donors (Lipinski definition) is 0. The minimum absolute atomic E-state index is 0.861. The van der Waals surface area contributed by atoms with Crippen LogP contribution in [0.5, 0.6) is 0 Å². The predicted octanol–water partition coefficient (Wildman–Crippen LogP) is 3.38. The molecule has 0 aromatic rings. The highest BCUT2D eigenvalue weighted by Crippen LogP contribution is 2.07. The van der Waals surface area contributed by atoms with Crippen molar-refractivity contribution in [3.05, 3.63) is 23.3 Å². The first-order valence-corrected chi connectivity index (χ1v) is 4.45. The molecule has 0 unspecified atom stereocenters. The second-order valence-corrected chi connectivity index (χ2v) is 2.97. The molecule has 0 heterocycles. The summed E-state index contributed by atoms with van der Waals surface area (Å²) in [5, 5.41) is 0. The largest absolute Gasteiger partial charge is 0.290 e. The average Bonchev–Trinajstić information content (AvgIpc) is 1.99. The van der Waals surface area contributed by atoms with E-state index in [9.17, 15) is 0 Å². The SMILES string of the molecule is C/C=C\C(=C(C)C)/C(C)=N\CC. The number of allylic oxidation sites excluding steroid dienone is 4. The third-order valence-corrected chi connectivity index (χ3v) is 1.66. The maximum absolute atomic E-state index is 4.37. The third kappa shape index (κ3) is 3.51. The fourth-order valence-electron chi connectivity index (χ4n) is 1.14. The van der Waals surface area contributed by atoms with Gasteiger partial charge in [0.25, 0.3) is 0 Å². The van der Waals surface area contributed by atoms with E-state index in [2.05, 4.69) is 44.8 Å². The number of rotatable bonds is 3. The Morgan fingerprint density at radius 3 is 2.17 bits per heavy atom. The van der Waals surface area contributed by atoms with Gasteiger partial charge in [0.15, 0.2) is 0 Å². The number of nitrogens with zero attached hydrogens (tertiary/aromatic N) is 1. The number of aliphatic imine (C=N–C) groups is 1. The normalized spacial score (nSPS) is 12.2. The second kappa shape index (κ2) is 5.76. The Hall–Kier alpha value is -0.850. The van der Waals surface area contributed by atoms with E-state index in [0.29, 0.717) is 0 Å². The monoisotopic (exact) mass is 165 g/mol. The molecule has 0 aromatic carbocycles. The average molecular weight is 165 g/mol. The van der Waals surface area contributed by atoms with E-state index in [1.54, 1.807) is 0 Å². The van der Waals surface area contributed by atoms with Crippen LogP contribution in [0.1, 0.15) is 34.6 Å². The second-order valence-electron chi connectivity index (χ2n) is 2.97. The van der Waals surface area contributed by atoms with Gasteiger partial charge in [0, 0.05) is 12.3 Å². The zero-order chi connectivity index (χ0) is 9.56. The molecule has 0 rings (SSSR count). The molecule has 0 saturated carbocycles. The zero-order valence-electron chi connectivity index (χ0n) is 8.81. The van der Waals surface area contributed by atoms with Crippen LogP contribution in [0.15, 0.2) is 28.3 Å². The lowest BCUT2D eigenvalue weighted by Crippen LogP contribution is -1.97. The summed E-state index contributed by atoms with van der Waals surface area (Å²) < 4.78 is 0. The van der Waals surface area contributed by atoms with Crippen LogP contribution in [0.3, 0.4) is 0 Å². The Kier molecular flexibility index (Phi) is 5.35. The summed E-state index contributed by atoms with van der Waals surface area (Å²) in [6, 6.07) is 0. The molecule has 0 spiro atoms. The van der Waals surface area contributed by atoms with Crippen molar-refractivity contribution < 1.29 is 0 Å². The van der Waals surface area contributed by atoms with Gasteiger partial charge in [0.1, 0.15) is 0 Å². The first-order valence-electron chi connectivity index (χ1n) is 4.45. The Labute approximate surface area is 75.9 Å². The smallest absolute Gasteiger partial charge is 0.0388 e. The molecule has 0 fully saturated rings. The molecule has 68 valence electrons. The highest BCUT2D eigenvalue weighted by molar-refractivity contribution is 6.01. The molecule has 12 heavy (non-hydrogen) atoms. The van der Waals surface area contributed by atoms with Gasteiger partial charge in [-0.05, 0) is 40.2 Å². The van der Waals surface area contributed by atoms with Gasteiger partial charge in [0.2, 0.25) is 0 Å². The lowest BCUT2D eigenvalue weighted by Gasteiger charge is -2.03. The van der Waals surface area contributed by atoms with E-state index in [-0.39, 0.29) is 0 Å². The van der Waals surface area contributed by atoms with Crippen LogP contribution in [-0.2, 0) is 0 Å². The highest BCUT2D eigenvalue weighted by Gasteiger charge is 1.97. The summed E-state index contributed by atoms with van der Waals surface area (Å²) in [6.45, 7) is 11.2. The van der Waals surface area contributed by atoms with Crippen LogP contribution in [0.4, 0.5) is 0 Å². The topological polar surface area (TPSA) is 12.4 Å². The first-order chi connectivity index (χ1) is 5.63. The Morgan fingerprint density at radius 1 is 1.25 bits per heavy atom. The predicted molar refractivity (Wildman–Crippen MR) is 56.8 cm³/mol. The fourth-order valence-corrected chi connectivity index (χ4v) is 1.14. The molecule has 0 aliphatic carbocycles. The van der Waals surface area contributed by atoms with Crippen LogP contribution >= 0.6 is 0 Å². The first kappa shape index (κ1) is 11.2.